The zero-order valence-corrected chi connectivity index (χ0v) is 9.31. The van der Waals surface area contributed by atoms with Crippen LogP contribution in [0.25, 0.3) is 0 Å². The van der Waals surface area contributed by atoms with Gasteiger partial charge in [0.1, 0.15) is 3.70 Å². The van der Waals surface area contributed by atoms with Crippen LogP contribution in [0.4, 0.5) is 8.78 Å². The summed E-state index contributed by atoms with van der Waals surface area (Å²) in [6, 6.07) is 0. The summed E-state index contributed by atoms with van der Waals surface area (Å²) in [5.74, 6) is 0. The third-order valence-electron chi connectivity index (χ3n) is 1.55. The summed E-state index contributed by atoms with van der Waals surface area (Å²) in [6.45, 7) is -0.00295. The van der Waals surface area contributed by atoms with E-state index < -0.39 is 6.43 Å². The van der Waals surface area contributed by atoms with E-state index in [0.29, 0.717) is 3.70 Å². The van der Waals surface area contributed by atoms with Crippen molar-refractivity contribution in [1.29, 1.82) is 0 Å². The van der Waals surface area contributed by atoms with Crippen LogP contribution < -0.4 is 5.73 Å². The second kappa shape index (κ2) is 4.47. The van der Waals surface area contributed by atoms with Crippen molar-refractivity contribution in [1.82, 2.24) is 4.98 Å². The zero-order chi connectivity index (χ0) is 10.0. The SMILES string of the molecule is NCc1c(C(F)F)cnc(I)c1Cl. The quantitative estimate of drug-likeness (QED) is 0.673. The molecule has 1 rings (SSSR count). The van der Waals surface area contributed by atoms with Crippen molar-refractivity contribution in [2.24, 2.45) is 5.73 Å². The molecule has 0 spiro atoms. The van der Waals surface area contributed by atoms with Crippen LogP contribution in [0.5, 0.6) is 0 Å². The maximum Gasteiger partial charge on any atom is 0.265 e. The topological polar surface area (TPSA) is 38.9 Å². The lowest BCUT2D eigenvalue weighted by atomic mass is 10.1. The van der Waals surface area contributed by atoms with Crippen LogP contribution in [0.15, 0.2) is 6.20 Å². The molecule has 0 radical (unpaired) electrons. The molecule has 1 aromatic heterocycles. The molecule has 0 unspecified atom stereocenters. The molecule has 0 saturated carbocycles. The average molecular weight is 318 g/mol. The number of nitrogens with two attached hydrogens (primary N) is 1. The fraction of sp³-hybridized carbons (Fsp3) is 0.286. The molecule has 0 aliphatic heterocycles. The van der Waals surface area contributed by atoms with E-state index in [1.807, 2.05) is 22.6 Å². The first-order chi connectivity index (χ1) is 6.07. The predicted molar refractivity (Wildman–Crippen MR) is 54.8 cm³/mol. The lowest BCUT2D eigenvalue weighted by molar-refractivity contribution is 0.149. The molecule has 13 heavy (non-hydrogen) atoms. The van der Waals surface area contributed by atoms with Gasteiger partial charge < -0.3 is 5.73 Å². The summed E-state index contributed by atoms with van der Waals surface area (Å²) < 4.78 is 25.2. The maximum atomic E-state index is 12.4. The first-order valence-electron chi connectivity index (χ1n) is 3.39. The highest BCUT2D eigenvalue weighted by atomic mass is 127. The summed E-state index contributed by atoms with van der Waals surface area (Å²) in [6.07, 6.45) is -1.47. The number of halogens is 4. The number of alkyl halides is 2. The van der Waals surface area contributed by atoms with Gasteiger partial charge in [0.25, 0.3) is 6.43 Å². The molecule has 0 aromatic carbocycles. The van der Waals surface area contributed by atoms with E-state index in [-0.39, 0.29) is 22.7 Å². The Bertz CT molecular complexity index is 320. The molecular formula is C7H6ClF2IN2. The summed E-state index contributed by atoms with van der Waals surface area (Å²) in [7, 11) is 0. The van der Waals surface area contributed by atoms with Gasteiger partial charge in [-0.2, -0.15) is 0 Å². The normalized spacial score (nSPS) is 10.9. The number of hydrogen-bond acceptors (Lipinski definition) is 2. The molecule has 0 aliphatic carbocycles. The molecule has 0 amide bonds. The molecule has 1 heterocycles. The Morgan fingerprint density at radius 1 is 1.62 bits per heavy atom. The van der Waals surface area contributed by atoms with Crippen LogP contribution in [0.1, 0.15) is 17.6 Å². The first-order valence-corrected chi connectivity index (χ1v) is 4.84. The average Bonchev–Trinajstić information content (AvgIpc) is 2.09. The van der Waals surface area contributed by atoms with Gasteiger partial charge in [-0.15, -0.1) is 0 Å². The Hall–Kier alpha value is -0.0100. The lowest BCUT2D eigenvalue weighted by Crippen LogP contribution is -2.05. The standard InChI is InChI=1S/C7H6ClF2IN2/c8-5-3(1-12)4(6(9)10)2-13-7(5)11/h2,6H,1,12H2. The van der Waals surface area contributed by atoms with Crippen LogP contribution in [-0.2, 0) is 6.54 Å². The highest BCUT2D eigenvalue weighted by Crippen LogP contribution is 2.29. The Morgan fingerprint density at radius 2 is 2.23 bits per heavy atom. The minimum absolute atomic E-state index is 0.00295. The minimum atomic E-state index is -2.58. The van der Waals surface area contributed by atoms with Gasteiger partial charge in [0.05, 0.1) is 5.02 Å². The van der Waals surface area contributed by atoms with Crippen LogP contribution in [-0.4, -0.2) is 4.98 Å². The first kappa shape index (κ1) is 11.1. The van der Waals surface area contributed by atoms with Crippen molar-refractivity contribution in [3.05, 3.63) is 26.0 Å². The lowest BCUT2D eigenvalue weighted by Gasteiger charge is -2.08. The van der Waals surface area contributed by atoms with Crippen LogP contribution in [0.2, 0.25) is 5.02 Å². The van der Waals surface area contributed by atoms with Gasteiger partial charge in [0.15, 0.2) is 0 Å². The Labute approximate surface area is 92.6 Å². The number of hydrogen-bond donors (Lipinski definition) is 1. The Kier molecular flexibility index (Phi) is 3.81. The molecule has 0 aliphatic rings. The van der Waals surface area contributed by atoms with Crippen molar-refractivity contribution in [2.75, 3.05) is 0 Å². The number of aromatic nitrogens is 1. The molecule has 6 heteroatoms. The van der Waals surface area contributed by atoms with Crippen molar-refractivity contribution in [2.45, 2.75) is 13.0 Å². The molecule has 72 valence electrons. The van der Waals surface area contributed by atoms with E-state index in [1.165, 1.54) is 0 Å². The molecule has 0 saturated heterocycles. The number of nitrogens with zero attached hydrogens (tertiary/aromatic N) is 1. The van der Waals surface area contributed by atoms with Crippen molar-refractivity contribution in [3.63, 3.8) is 0 Å². The molecule has 2 N–H and O–H groups in total. The highest BCUT2D eigenvalue weighted by Gasteiger charge is 2.17. The van der Waals surface area contributed by atoms with Crippen molar-refractivity contribution < 1.29 is 8.78 Å². The molecular weight excluding hydrogens is 312 g/mol. The third kappa shape index (κ3) is 2.26. The van der Waals surface area contributed by atoms with Gasteiger partial charge in [-0.25, -0.2) is 13.8 Å². The van der Waals surface area contributed by atoms with Gasteiger partial charge in [-0.05, 0) is 28.2 Å². The smallest absolute Gasteiger partial charge is 0.265 e. The molecule has 0 fully saturated rings. The minimum Gasteiger partial charge on any atom is -0.326 e. The van der Waals surface area contributed by atoms with E-state index in [1.54, 1.807) is 0 Å². The maximum absolute atomic E-state index is 12.4. The van der Waals surface area contributed by atoms with Crippen LogP contribution >= 0.6 is 34.2 Å². The van der Waals surface area contributed by atoms with Crippen molar-refractivity contribution in [3.8, 4) is 0 Å². The summed E-state index contributed by atoms with van der Waals surface area (Å²) in [5.41, 5.74) is 5.40. The molecule has 0 bridgehead atoms. The van der Waals surface area contributed by atoms with Gasteiger partial charge in [0, 0.05) is 18.3 Å². The van der Waals surface area contributed by atoms with E-state index >= 15 is 0 Å². The largest absolute Gasteiger partial charge is 0.326 e. The van der Waals surface area contributed by atoms with Gasteiger partial charge in [-0.1, -0.05) is 11.6 Å². The predicted octanol–water partition coefficient (Wildman–Crippen LogP) is 2.74. The number of rotatable bonds is 2. The highest BCUT2D eigenvalue weighted by molar-refractivity contribution is 14.1. The van der Waals surface area contributed by atoms with Gasteiger partial charge in [0.2, 0.25) is 0 Å². The van der Waals surface area contributed by atoms with E-state index in [0.717, 1.165) is 6.20 Å². The Balaban J connectivity index is 3.30. The fourth-order valence-corrected chi connectivity index (χ4v) is 1.61. The monoisotopic (exact) mass is 318 g/mol. The van der Waals surface area contributed by atoms with E-state index in [9.17, 15) is 8.78 Å². The molecule has 0 atom stereocenters. The van der Waals surface area contributed by atoms with E-state index in [4.69, 9.17) is 17.3 Å². The second-order valence-corrected chi connectivity index (χ2v) is 3.70. The summed E-state index contributed by atoms with van der Waals surface area (Å²) in [5, 5.41) is 0.223. The van der Waals surface area contributed by atoms with Crippen molar-refractivity contribution >= 4 is 34.2 Å². The number of pyridine rings is 1. The second-order valence-electron chi connectivity index (χ2n) is 2.30. The van der Waals surface area contributed by atoms with Crippen LogP contribution in [0, 0.1) is 3.70 Å². The summed E-state index contributed by atoms with van der Waals surface area (Å²) in [4.78, 5) is 3.73. The third-order valence-corrected chi connectivity index (χ3v) is 3.09. The molecule has 1 aromatic rings. The molecule has 2 nitrogen and oxygen atoms in total. The van der Waals surface area contributed by atoms with E-state index in [2.05, 4.69) is 4.98 Å². The van der Waals surface area contributed by atoms with Crippen LogP contribution in [0.3, 0.4) is 0 Å². The Morgan fingerprint density at radius 3 is 2.69 bits per heavy atom. The van der Waals surface area contributed by atoms with Gasteiger partial charge in [-0.3, -0.25) is 0 Å². The van der Waals surface area contributed by atoms with Gasteiger partial charge >= 0.3 is 0 Å². The zero-order valence-electron chi connectivity index (χ0n) is 6.40. The summed E-state index contributed by atoms with van der Waals surface area (Å²) >= 11 is 7.63. The fourth-order valence-electron chi connectivity index (χ4n) is 0.908.